The molecule has 0 aliphatic carbocycles. The Hall–Kier alpha value is -1.95. The summed E-state index contributed by atoms with van der Waals surface area (Å²) in [4.78, 5) is 21.2. The Morgan fingerprint density at radius 1 is 1.22 bits per heavy atom. The summed E-state index contributed by atoms with van der Waals surface area (Å²) in [6.07, 6.45) is -0.209. The molecule has 0 radical (unpaired) electrons. The van der Waals surface area contributed by atoms with Crippen molar-refractivity contribution < 1.29 is 24.2 Å². The highest BCUT2D eigenvalue weighted by Gasteiger charge is 2.17. The normalized spacial score (nSPS) is 12.1. The zero-order chi connectivity index (χ0) is 13.5. The number of carboxylic acid groups (broad SMARTS) is 2. The van der Waals surface area contributed by atoms with Gasteiger partial charge in [0.1, 0.15) is 11.9 Å². The van der Waals surface area contributed by atoms with Crippen molar-refractivity contribution in [3.63, 3.8) is 0 Å². The quantitative estimate of drug-likeness (QED) is 0.682. The maximum atomic E-state index is 12.6. The maximum absolute atomic E-state index is 12.6. The average Bonchev–Trinajstić information content (AvgIpc) is 2.30. The molecule has 0 aliphatic heterocycles. The first kappa shape index (κ1) is 14.1. The molecule has 6 heteroatoms. The third-order valence-corrected chi connectivity index (χ3v) is 2.41. The molecule has 0 aromatic heterocycles. The first-order chi connectivity index (χ1) is 8.49. The van der Waals surface area contributed by atoms with E-state index in [4.69, 9.17) is 10.2 Å². The fraction of sp³-hybridized carbons (Fsp3) is 0.333. The molecule has 3 N–H and O–H groups in total. The van der Waals surface area contributed by atoms with E-state index in [1.807, 2.05) is 0 Å². The molecule has 0 unspecified atom stereocenters. The van der Waals surface area contributed by atoms with E-state index in [0.29, 0.717) is 0 Å². The summed E-state index contributed by atoms with van der Waals surface area (Å²) < 4.78 is 12.6. The molecule has 1 rings (SSSR count). The molecule has 0 heterocycles. The van der Waals surface area contributed by atoms with Crippen LogP contribution in [0.25, 0.3) is 0 Å². The SMILES string of the molecule is O=C(O)CC[C@H](NCc1ccc(F)cc1)C(=O)O. The number of carbonyl (C=O) groups is 2. The van der Waals surface area contributed by atoms with E-state index in [0.717, 1.165) is 5.56 Å². The van der Waals surface area contributed by atoms with Crippen LogP contribution in [0.2, 0.25) is 0 Å². The van der Waals surface area contributed by atoms with Gasteiger partial charge in [-0.25, -0.2) is 4.39 Å². The molecule has 5 nitrogen and oxygen atoms in total. The van der Waals surface area contributed by atoms with Gasteiger partial charge in [0.05, 0.1) is 0 Å². The summed E-state index contributed by atoms with van der Waals surface area (Å²) in [5, 5.41) is 20.1. The standard InChI is InChI=1S/C12H14FNO4/c13-9-3-1-8(2-4-9)7-14-10(12(17)18)5-6-11(15)16/h1-4,10,14H,5-7H2,(H,15,16)(H,17,18)/t10-/m0/s1. The van der Waals surface area contributed by atoms with Crippen molar-refractivity contribution in [3.05, 3.63) is 35.6 Å². The van der Waals surface area contributed by atoms with Crippen molar-refractivity contribution in [2.75, 3.05) is 0 Å². The lowest BCUT2D eigenvalue weighted by atomic mass is 10.1. The van der Waals surface area contributed by atoms with Gasteiger partial charge in [0.25, 0.3) is 0 Å². The highest BCUT2D eigenvalue weighted by Crippen LogP contribution is 2.04. The Morgan fingerprint density at radius 3 is 2.33 bits per heavy atom. The monoisotopic (exact) mass is 255 g/mol. The van der Waals surface area contributed by atoms with Gasteiger partial charge in [-0.15, -0.1) is 0 Å². The lowest BCUT2D eigenvalue weighted by molar-refractivity contribution is -0.140. The van der Waals surface area contributed by atoms with Gasteiger partial charge >= 0.3 is 11.9 Å². The Bertz CT molecular complexity index is 419. The van der Waals surface area contributed by atoms with Crippen molar-refractivity contribution in [3.8, 4) is 0 Å². The van der Waals surface area contributed by atoms with Crippen LogP contribution in [-0.2, 0) is 16.1 Å². The number of rotatable bonds is 7. The minimum absolute atomic E-state index is 0.00581. The van der Waals surface area contributed by atoms with Gasteiger partial charge < -0.3 is 15.5 Å². The van der Waals surface area contributed by atoms with Gasteiger partial charge in [-0.1, -0.05) is 12.1 Å². The molecular formula is C12H14FNO4. The summed E-state index contributed by atoms with van der Waals surface area (Å²) in [6.45, 7) is 0.247. The largest absolute Gasteiger partial charge is 0.481 e. The van der Waals surface area contributed by atoms with Crippen molar-refractivity contribution in [2.45, 2.75) is 25.4 Å². The predicted molar refractivity (Wildman–Crippen MR) is 61.5 cm³/mol. The number of nitrogens with one attached hydrogen (secondary N) is 1. The van der Waals surface area contributed by atoms with Crippen LogP contribution >= 0.6 is 0 Å². The summed E-state index contributed by atoms with van der Waals surface area (Å²) in [5.74, 6) is -2.50. The Labute approximate surface area is 103 Å². The van der Waals surface area contributed by atoms with E-state index < -0.39 is 18.0 Å². The predicted octanol–water partition coefficient (Wildman–Crippen LogP) is 1.23. The highest BCUT2D eigenvalue weighted by atomic mass is 19.1. The third-order valence-electron chi connectivity index (χ3n) is 2.41. The van der Waals surface area contributed by atoms with E-state index in [9.17, 15) is 14.0 Å². The minimum atomic E-state index is -1.10. The molecule has 0 spiro atoms. The molecule has 1 aromatic rings. The molecule has 0 saturated carbocycles. The number of halogens is 1. The van der Waals surface area contributed by atoms with E-state index in [1.165, 1.54) is 12.1 Å². The fourth-order valence-corrected chi connectivity index (χ4v) is 1.42. The molecule has 1 atom stereocenters. The third kappa shape index (κ3) is 4.92. The topological polar surface area (TPSA) is 86.6 Å². The summed E-state index contributed by atoms with van der Waals surface area (Å²) in [7, 11) is 0. The highest BCUT2D eigenvalue weighted by molar-refractivity contribution is 5.75. The van der Waals surface area contributed by atoms with Crippen molar-refractivity contribution in [1.82, 2.24) is 5.32 Å². The van der Waals surface area contributed by atoms with E-state index in [1.54, 1.807) is 12.1 Å². The van der Waals surface area contributed by atoms with Gasteiger partial charge in [-0.3, -0.25) is 9.59 Å². The van der Waals surface area contributed by atoms with Crippen LogP contribution in [0.15, 0.2) is 24.3 Å². The van der Waals surface area contributed by atoms with Crippen LogP contribution in [0.3, 0.4) is 0 Å². The van der Waals surface area contributed by atoms with Gasteiger partial charge in [-0.2, -0.15) is 0 Å². The van der Waals surface area contributed by atoms with Gasteiger partial charge in [-0.05, 0) is 24.1 Å². The van der Waals surface area contributed by atoms with Crippen LogP contribution in [-0.4, -0.2) is 28.2 Å². The van der Waals surface area contributed by atoms with Crippen molar-refractivity contribution in [2.24, 2.45) is 0 Å². The molecule has 18 heavy (non-hydrogen) atoms. The molecule has 0 fully saturated rings. The zero-order valence-corrected chi connectivity index (χ0v) is 9.60. The molecule has 1 aromatic carbocycles. The first-order valence-corrected chi connectivity index (χ1v) is 5.41. The van der Waals surface area contributed by atoms with Gasteiger partial charge in [0, 0.05) is 13.0 Å². The number of aliphatic carboxylic acids is 2. The lowest BCUT2D eigenvalue weighted by Crippen LogP contribution is -2.36. The minimum Gasteiger partial charge on any atom is -0.481 e. The second-order valence-corrected chi connectivity index (χ2v) is 3.83. The zero-order valence-electron chi connectivity index (χ0n) is 9.60. The molecular weight excluding hydrogens is 241 g/mol. The summed E-state index contributed by atoms with van der Waals surface area (Å²) >= 11 is 0. The summed E-state index contributed by atoms with van der Waals surface area (Å²) in [6, 6.07) is 4.72. The van der Waals surface area contributed by atoms with Crippen molar-refractivity contribution >= 4 is 11.9 Å². The molecule has 98 valence electrons. The van der Waals surface area contributed by atoms with Crippen LogP contribution in [0, 0.1) is 5.82 Å². The van der Waals surface area contributed by atoms with E-state index in [2.05, 4.69) is 5.32 Å². The van der Waals surface area contributed by atoms with Crippen LogP contribution in [0.1, 0.15) is 18.4 Å². The molecule has 0 aliphatic rings. The van der Waals surface area contributed by atoms with Crippen molar-refractivity contribution in [1.29, 1.82) is 0 Å². The number of benzene rings is 1. The molecule has 0 saturated heterocycles. The number of carboxylic acids is 2. The Kier molecular flexibility index (Phi) is 5.26. The van der Waals surface area contributed by atoms with Crippen LogP contribution < -0.4 is 5.32 Å². The lowest BCUT2D eigenvalue weighted by Gasteiger charge is -2.13. The fourth-order valence-electron chi connectivity index (χ4n) is 1.42. The van der Waals surface area contributed by atoms with Gasteiger partial charge in [0.2, 0.25) is 0 Å². The Morgan fingerprint density at radius 2 is 1.83 bits per heavy atom. The maximum Gasteiger partial charge on any atom is 0.320 e. The molecule has 0 bridgehead atoms. The van der Waals surface area contributed by atoms with Gasteiger partial charge in [0.15, 0.2) is 0 Å². The smallest absolute Gasteiger partial charge is 0.320 e. The van der Waals surface area contributed by atoms with Crippen LogP contribution in [0.5, 0.6) is 0 Å². The number of hydrogen-bond donors (Lipinski definition) is 3. The van der Waals surface area contributed by atoms with Crippen LogP contribution in [0.4, 0.5) is 4.39 Å². The number of hydrogen-bond acceptors (Lipinski definition) is 3. The second-order valence-electron chi connectivity index (χ2n) is 3.83. The van der Waals surface area contributed by atoms with E-state index >= 15 is 0 Å². The molecule has 0 amide bonds. The average molecular weight is 255 g/mol. The first-order valence-electron chi connectivity index (χ1n) is 5.41. The second kappa shape index (κ2) is 6.70. The summed E-state index contributed by atoms with van der Waals surface area (Å²) in [5.41, 5.74) is 0.734. The van der Waals surface area contributed by atoms with E-state index in [-0.39, 0.29) is 25.2 Å². The Balaban J connectivity index is 2.49.